The average Bonchev–Trinajstić information content (AvgIpc) is 2.09. The van der Waals surface area contributed by atoms with Gasteiger partial charge in [-0.2, -0.15) is 0 Å². The molecule has 0 radical (unpaired) electrons. The van der Waals surface area contributed by atoms with Gasteiger partial charge in [-0.3, -0.25) is 4.98 Å². The monoisotopic (exact) mass is 177 g/mol. The number of rotatable bonds is 1. The normalized spacial score (nSPS) is 9.00. The Labute approximate surface area is 76.2 Å². The summed E-state index contributed by atoms with van der Waals surface area (Å²) >= 11 is 0. The molecule has 13 heavy (non-hydrogen) atoms. The molecular formula is C9H11N3O. The highest BCUT2D eigenvalue weighted by atomic mass is 16.1. The van der Waals surface area contributed by atoms with E-state index in [1.54, 1.807) is 0 Å². The molecule has 0 aromatic carbocycles. The zero-order chi connectivity index (χ0) is 9.68. The molecule has 1 heterocycles. The van der Waals surface area contributed by atoms with E-state index in [1.807, 2.05) is 6.92 Å². The molecule has 1 aromatic rings. The van der Waals surface area contributed by atoms with Gasteiger partial charge in [0.2, 0.25) is 0 Å². The van der Waals surface area contributed by atoms with Crippen molar-refractivity contribution in [2.24, 2.45) is 0 Å². The molecule has 0 aliphatic carbocycles. The molecule has 0 saturated heterocycles. The number of nitrogens with zero attached hydrogens (tertiary/aromatic N) is 1. The lowest BCUT2D eigenvalue weighted by Gasteiger charge is -1.97. The van der Waals surface area contributed by atoms with Crippen molar-refractivity contribution in [1.82, 2.24) is 9.97 Å². The molecule has 0 saturated carbocycles. The van der Waals surface area contributed by atoms with Gasteiger partial charge >= 0.3 is 5.69 Å². The topological polar surface area (TPSA) is 71.8 Å². The molecule has 1 aromatic heterocycles. The minimum Gasteiger partial charge on any atom is -0.385 e. The predicted molar refractivity (Wildman–Crippen MR) is 51.0 cm³/mol. The van der Waals surface area contributed by atoms with Crippen LogP contribution in [0.3, 0.4) is 0 Å². The van der Waals surface area contributed by atoms with Crippen LogP contribution in [0.2, 0.25) is 0 Å². The molecule has 0 bridgehead atoms. The van der Waals surface area contributed by atoms with Crippen LogP contribution in [0.25, 0.3) is 0 Å². The van der Waals surface area contributed by atoms with Gasteiger partial charge in [0.05, 0.1) is 0 Å². The summed E-state index contributed by atoms with van der Waals surface area (Å²) in [7, 11) is 0. The van der Waals surface area contributed by atoms with Crippen molar-refractivity contribution in [3.05, 3.63) is 22.2 Å². The van der Waals surface area contributed by atoms with Crippen molar-refractivity contribution in [3.63, 3.8) is 0 Å². The smallest absolute Gasteiger partial charge is 0.346 e. The van der Waals surface area contributed by atoms with Crippen LogP contribution in [0.15, 0.2) is 11.0 Å². The Kier molecular flexibility index (Phi) is 3.09. The van der Waals surface area contributed by atoms with Crippen molar-refractivity contribution in [3.8, 4) is 11.8 Å². The van der Waals surface area contributed by atoms with E-state index < -0.39 is 5.69 Å². The third-order valence-electron chi connectivity index (χ3n) is 1.51. The molecule has 4 heteroatoms. The fourth-order valence-corrected chi connectivity index (χ4v) is 0.857. The highest BCUT2D eigenvalue weighted by Crippen LogP contribution is 2.02. The Morgan fingerprint density at radius 2 is 2.38 bits per heavy atom. The van der Waals surface area contributed by atoms with Gasteiger partial charge in [0.25, 0.3) is 0 Å². The van der Waals surface area contributed by atoms with Gasteiger partial charge < -0.3 is 5.73 Å². The van der Waals surface area contributed by atoms with Gasteiger partial charge in [0.1, 0.15) is 5.82 Å². The summed E-state index contributed by atoms with van der Waals surface area (Å²) in [4.78, 5) is 16.7. The Bertz CT molecular complexity index is 397. The fraction of sp³-hybridized carbons (Fsp3) is 0.333. The first-order valence-electron chi connectivity index (χ1n) is 4.03. The van der Waals surface area contributed by atoms with Crippen LogP contribution in [0, 0.1) is 11.8 Å². The van der Waals surface area contributed by atoms with Crippen LogP contribution in [0.5, 0.6) is 0 Å². The standard InChI is InChI=1S/C9H11N3O/c1-2-3-4-5-7-6-11-9(13)12-8(7)10/h6H,2,5H2,1H3,(H3,10,11,12,13). The van der Waals surface area contributed by atoms with Gasteiger partial charge in [0.15, 0.2) is 0 Å². The molecule has 1 rings (SSSR count). The molecule has 68 valence electrons. The van der Waals surface area contributed by atoms with E-state index in [0.29, 0.717) is 12.2 Å². The fourth-order valence-electron chi connectivity index (χ4n) is 0.857. The van der Waals surface area contributed by atoms with Gasteiger partial charge in [-0.05, 0) is 0 Å². The van der Waals surface area contributed by atoms with E-state index in [9.17, 15) is 4.79 Å². The predicted octanol–water partition coefficient (Wildman–Crippen LogP) is 0.308. The number of aromatic amines is 1. The maximum Gasteiger partial charge on any atom is 0.346 e. The zero-order valence-electron chi connectivity index (χ0n) is 7.42. The lowest BCUT2D eigenvalue weighted by atomic mass is 10.2. The maximum absolute atomic E-state index is 10.7. The van der Waals surface area contributed by atoms with Crippen molar-refractivity contribution in [2.75, 3.05) is 5.73 Å². The molecule has 0 aliphatic rings. The number of hydrogen-bond donors (Lipinski definition) is 2. The highest BCUT2D eigenvalue weighted by molar-refractivity contribution is 5.38. The molecule has 0 fully saturated rings. The first kappa shape index (κ1) is 9.33. The van der Waals surface area contributed by atoms with Crippen molar-refractivity contribution >= 4 is 5.82 Å². The van der Waals surface area contributed by atoms with E-state index in [0.717, 1.165) is 12.0 Å². The lowest BCUT2D eigenvalue weighted by molar-refractivity contribution is 1.04. The molecule has 3 N–H and O–H groups in total. The SMILES string of the molecule is CCC#CCc1cnc(=O)[nH]c1N. The second kappa shape index (κ2) is 4.31. The number of aromatic nitrogens is 2. The van der Waals surface area contributed by atoms with Crippen molar-refractivity contribution < 1.29 is 0 Å². The number of hydrogen-bond acceptors (Lipinski definition) is 3. The summed E-state index contributed by atoms with van der Waals surface area (Å²) < 4.78 is 0. The third kappa shape index (κ3) is 2.64. The van der Waals surface area contributed by atoms with Gasteiger partial charge in [-0.1, -0.05) is 12.8 Å². The van der Waals surface area contributed by atoms with Crippen LogP contribution in [0.1, 0.15) is 18.9 Å². The minimum absolute atomic E-state index is 0.352. The largest absolute Gasteiger partial charge is 0.385 e. The molecule has 0 amide bonds. The first-order chi connectivity index (χ1) is 6.24. The molecule has 0 aliphatic heterocycles. The number of nitrogen functional groups attached to an aromatic ring is 1. The molecule has 0 atom stereocenters. The lowest BCUT2D eigenvalue weighted by Crippen LogP contribution is -2.13. The Balaban J connectivity index is 2.84. The van der Waals surface area contributed by atoms with E-state index in [4.69, 9.17) is 5.73 Å². The van der Waals surface area contributed by atoms with Crippen LogP contribution in [-0.2, 0) is 6.42 Å². The second-order valence-corrected chi connectivity index (χ2v) is 2.51. The van der Waals surface area contributed by atoms with E-state index in [1.165, 1.54) is 6.20 Å². The van der Waals surface area contributed by atoms with Crippen LogP contribution in [0.4, 0.5) is 5.82 Å². The van der Waals surface area contributed by atoms with Crippen molar-refractivity contribution in [1.29, 1.82) is 0 Å². The molecule has 4 nitrogen and oxygen atoms in total. The van der Waals surface area contributed by atoms with Crippen LogP contribution < -0.4 is 11.4 Å². The van der Waals surface area contributed by atoms with E-state index >= 15 is 0 Å². The number of nitrogens with one attached hydrogen (secondary N) is 1. The molecule has 0 unspecified atom stereocenters. The average molecular weight is 177 g/mol. The zero-order valence-corrected chi connectivity index (χ0v) is 7.42. The van der Waals surface area contributed by atoms with Gasteiger partial charge in [0, 0.05) is 24.6 Å². The summed E-state index contributed by atoms with van der Waals surface area (Å²) in [6.07, 6.45) is 2.80. The summed E-state index contributed by atoms with van der Waals surface area (Å²) in [5.74, 6) is 6.19. The number of nitrogens with two attached hydrogens (primary N) is 1. The summed E-state index contributed by atoms with van der Waals surface area (Å²) in [6.45, 7) is 1.97. The summed E-state index contributed by atoms with van der Waals surface area (Å²) in [5.41, 5.74) is 5.88. The van der Waals surface area contributed by atoms with E-state index in [2.05, 4.69) is 21.8 Å². The Hall–Kier alpha value is -1.76. The number of anilines is 1. The van der Waals surface area contributed by atoms with Gasteiger partial charge in [-0.15, -0.1) is 5.92 Å². The molecule has 0 spiro atoms. The van der Waals surface area contributed by atoms with Crippen molar-refractivity contribution in [2.45, 2.75) is 19.8 Å². The third-order valence-corrected chi connectivity index (χ3v) is 1.51. The van der Waals surface area contributed by atoms with E-state index in [-0.39, 0.29) is 0 Å². The summed E-state index contributed by atoms with van der Waals surface area (Å²) in [5, 5.41) is 0. The van der Waals surface area contributed by atoms with Crippen LogP contribution >= 0.6 is 0 Å². The molecular weight excluding hydrogens is 166 g/mol. The second-order valence-electron chi connectivity index (χ2n) is 2.51. The first-order valence-corrected chi connectivity index (χ1v) is 4.03. The maximum atomic E-state index is 10.7. The number of H-pyrrole nitrogens is 1. The minimum atomic E-state index is -0.426. The quantitative estimate of drug-likeness (QED) is 0.606. The highest BCUT2D eigenvalue weighted by Gasteiger charge is 1.97. The Morgan fingerprint density at radius 1 is 1.62 bits per heavy atom. The van der Waals surface area contributed by atoms with Gasteiger partial charge in [-0.25, -0.2) is 9.78 Å². The van der Waals surface area contributed by atoms with Crippen LogP contribution in [-0.4, -0.2) is 9.97 Å². The summed E-state index contributed by atoms with van der Waals surface area (Å²) in [6, 6.07) is 0. The Morgan fingerprint density at radius 3 is 3.00 bits per heavy atom.